The maximum absolute atomic E-state index is 6.20. The van der Waals surface area contributed by atoms with Crippen molar-refractivity contribution < 1.29 is 14.0 Å². The molecule has 0 aliphatic carbocycles. The van der Waals surface area contributed by atoms with E-state index >= 15 is 0 Å². The Morgan fingerprint density at radius 3 is 2.42 bits per heavy atom. The van der Waals surface area contributed by atoms with E-state index in [9.17, 15) is 0 Å². The maximum Gasteiger partial charge on any atom is 0.494 e. The molecule has 7 heteroatoms. The van der Waals surface area contributed by atoms with Crippen molar-refractivity contribution in [1.82, 2.24) is 14.7 Å². The van der Waals surface area contributed by atoms with Gasteiger partial charge >= 0.3 is 7.12 Å². The Morgan fingerprint density at radius 1 is 1.04 bits per heavy atom. The van der Waals surface area contributed by atoms with E-state index in [1.807, 2.05) is 6.20 Å². The quantitative estimate of drug-likeness (QED) is 0.779. The van der Waals surface area contributed by atoms with E-state index in [0.717, 1.165) is 55.8 Å². The van der Waals surface area contributed by atoms with Crippen molar-refractivity contribution in [1.29, 1.82) is 0 Å². The van der Waals surface area contributed by atoms with Gasteiger partial charge in [-0.25, -0.2) is 0 Å². The lowest BCUT2D eigenvalue weighted by Crippen LogP contribution is -2.41. The van der Waals surface area contributed by atoms with Crippen LogP contribution in [0.2, 0.25) is 0 Å². The fourth-order valence-electron chi connectivity index (χ4n) is 3.45. The fourth-order valence-corrected chi connectivity index (χ4v) is 3.45. The second kappa shape index (κ2) is 6.64. The first-order valence-corrected chi connectivity index (χ1v) is 9.47. The van der Waals surface area contributed by atoms with Crippen LogP contribution in [0, 0.1) is 0 Å². The third kappa shape index (κ3) is 3.29. The average Bonchev–Trinajstić information content (AvgIpc) is 3.11. The number of benzene rings is 1. The number of hydrogen-bond acceptors (Lipinski definition) is 5. The van der Waals surface area contributed by atoms with Crippen molar-refractivity contribution in [2.45, 2.75) is 45.4 Å². The number of rotatable bonds is 4. The van der Waals surface area contributed by atoms with Crippen LogP contribution >= 0.6 is 0 Å². The fraction of sp³-hybridized carbons (Fsp3) is 0.632. The third-order valence-electron chi connectivity index (χ3n) is 5.93. The molecule has 0 atom stereocenters. The number of ether oxygens (including phenoxy) is 1. The van der Waals surface area contributed by atoms with E-state index in [2.05, 4.69) is 60.6 Å². The summed E-state index contributed by atoms with van der Waals surface area (Å²) in [6.07, 6.45) is 1.93. The van der Waals surface area contributed by atoms with E-state index in [1.165, 1.54) is 0 Å². The second-order valence-electron chi connectivity index (χ2n) is 8.23. The van der Waals surface area contributed by atoms with E-state index in [0.29, 0.717) is 0 Å². The number of nitrogens with zero attached hydrogens (tertiary/aromatic N) is 3. The van der Waals surface area contributed by atoms with Gasteiger partial charge in [-0.1, -0.05) is 12.1 Å². The Bertz CT molecular complexity index is 767. The van der Waals surface area contributed by atoms with Gasteiger partial charge in [-0.2, -0.15) is 5.10 Å². The summed E-state index contributed by atoms with van der Waals surface area (Å²) < 4.78 is 19.9. The number of morpholine rings is 1. The van der Waals surface area contributed by atoms with E-state index in [1.54, 1.807) is 0 Å². The van der Waals surface area contributed by atoms with E-state index < -0.39 is 0 Å². The molecule has 1 aromatic carbocycles. The summed E-state index contributed by atoms with van der Waals surface area (Å²) in [6, 6.07) is 6.34. The van der Waals surface area contributed by atoms with Gasteiger partial charge in [0.05, 0.1) is 42.7 Å². The third-order valence-corrected chi connectivity index (χ3v) is 5.93. The molecule has 2 fully saturated rings. The molecule has 0 bridgehead atoms. The molecule has 4 rings (SSSR count). The first-order valence-electron chi connectivity index (χ1n) is 9.47. The standard InChI is InChI=1S/C19H28BN3O3/c1-18(2)19(3,4)26-20(25-18)16-6-5-15-14-21-23(17(15)13-16)8-7-22-9-11-24-12-10-22/h5-6,13-14H,7-12H2,1-4H3. The zero-order valence-corrected chi connectivity index (χ0v) is 16.2. The van der Waals surface area contributed by atoms with Crippen molar-refractivity contribution >= 4 is 23.5 Å². The maximum atomic E-state index is 6.20. The summed E-state index contributed by atoms with van der Waals surface area (Å²) >= 11 is 0. The van der Waals surface area contributed by atoms with Gasteiger partial charge in [0.25, 0.3) is 0 Å². The minimum Gasteiger partial charge on any atom is -0.399 e. The SMILES string of the molecule is CC1(C)OB(c2ccc3cnn(CCN4CCOCC4)c3c2)OC1(C)C. The van der Waals surface area contributed by atoms with Crippen LogP contribution in [0.25, 0.3) is 10.9 Å². The lowest BCUT2D eigenvalue weighted by atomic mass is 9.79. The molecule has 3 heterocycles. The van der Waals surface area contributed by atoms with Gasteiger partial charge in [0.15, 0.2) is 0 Å². The predicted molar refractivity (Wildman–Crippen MR) is 103 cm³/mol. The molecule has 140 valence electrons. The molecule has 0 saturated carbocycles. The van der Waals surface area contributed by atoms with Gasteiger partial charge in [0.2, 0.25) is 0 Å². The topological polar surface area (TPSA) is 48.8 Å². The summed E-state index contributed by atoms with van der Waals surface area (Å²) in [5, 5.41) is 5.73. The Morgan fingerprint density at radius 2 is 1.73 bits per heavy atom. The highest BCUT2D eigenvalue weighted by molar-refractivity contribution is 6.62. The zero-order valence-electron chi connectivity index (χ0n) is 16.2. The van der Waals surface area contributed by atoms with Crippen LogP contribution < -0.4 is 5.46 Å². The normalized spacial score (nSPS) is 23.0. The molecule has 0 spiro atoms. The molecule has 0 unspecified atom stereocenters. The monoisotopic (exact) mass is 357 g/mol. The van der Waals surface area contributed by atoms with Crippen LogP contribution in [0.15, 0.2) is 24.4 Å². The van der Waals surface area contributed by atoms with Crippen LogP contribution in [-0.2, 0) is 20.6 Å². The van der Waals surface area contributed by atoms with Gasteiger partial charge in [-0.15, -0.1) is 0 Å². The molecule has 26 heavy (non-hydrogen) atoms. The first-order chi connectivity index (χ1) is 12.4. The Kier molecular flexibility index (Phi) is 4.59. The molecule has 2 saturated heterocycles. The van der Waals surface area contributed by atoms with E-state index in [-0.39, 0.29) is 18.3 Å². The minimum absolute atomic E-state index is 0.330. The van der Waals surface area contributed by atoms with Crippen LogP contribution in [0.1, 0.15) is 27.7 Å². The van der Waals surface area contributed by atoms with Crippen molar-refractivity contribution in [3.8, 4) is 0 Å². The van der Waals surface area contributed by atoms with Crippen molar-refractivity contribution in [3.05, 3.63) is 24.4 Å². The molecule has 0 radical (unpaired) electrons. The van der Waals surface area contributed by atoms with Gasteiger partial charge in [0.1, 0.15) is 0 Å². The van der Waals surface area contributed by atoms with Crippen LogP contribution in [0.5, 0.6) is 0 Å². The molecule has 1 aromatic heterocycles. The summed E-state index contributed by atoms with van der Waals surface area (Å²) in [4.78, 5) is 2.43. The van der Waals surface area contributed by atoms with Gasteiger partial charge in [0, 0.05) is 25.0 Å². The molecule has 6 nitrogen and oxygen atoms in total. The Labute approximate surface area is 155 Å². The number of hydrogen-bond donors (Lipinski definition) is 0. The predicted octanol–water partition coefficient (Wildman–Crippen LogP) is 1.67. The highest BCUT2D eigenvalue weighted by atomic mass is 16.7. The van der Waals surface area contributed by atoms with E-state index in [4.69, 9.17) is 14.0 Å². The number of aromatic nitrogens is 2. The van der Waals surface area contributed by atoms with Crippen molar-refractivity contribution in [2.24, 2.45) is 0 Å². The zero-order chi connectivity index (χ0) is 18.4. The van der Waals surface area contributed by atoms with Crippen LogP contribution in [0.4, 0.5) is 0 Å². The molecular formula is C19H28BN3O3. The Balaban J connectivity index is 1.53. The lowest BCUT2D eigenvalue weighted by molar-refractivity contribution is 0.00578. The highest BCUT2D eigenvalue weighted by Crippen LogP contribution is 2.36. The number of fused-ring (bicyclic) bond motifs is 1. The second-order valence-corrected chi connectivity index (χ2v) is 8.23. The minimum atomic E-state index is -0.341. The summed E-state index contributed by atoms with van der Waals surface area (Å²) in [5.74, 6) is 0. The highest BCUT2D eigenvalue weighted by Gasteiger charge is 2.51. The largest absolute Gasteiger partial charge is 0.494 e. The van der Waals surface area contributed by atoms with Crippen LogP contribution in [0.3, 0.4) is 0 Å². The first kappa shape index (κ1) is 18.0. The molecule has 0 amide bonds. The summed E-state index contributed by atoms with van der Waals surface area (Å²) in [6.45, 7) is 13.8. The van der Waals surface area contributed by atoms with Crippen LogP contribution in [-0.4, -0.2) is 65.8 Å². The molecule has 0 N–H and O–H groups in total. The summed E-state index contributed by atoms with van der Waals surface area (Å²) in [7, 11) is -0.341. The molecule has 2 aliphatic heterocycles. The molecule has 2 aromatic rings. The molecule has 2 aliphatic rings. The van der Waals surface area contributed by atoms with Gasteiger partial charge in [-0.3, -0.25) is 9.58 Å². The Hall–Kier alpha value is -1.41. The summed E-state index contributed by atoms with van der Waals surface area (Å²) in [5.41, 5.74) is 1.52. The van der Waals surface area contributed by atoms with Crippen molar-refractivity contribution in [3.63, 3.8) is 0 Å². The van der Waals surface area contributed by atoms with Gasteiger partial charge in [-0.05, 0) is 39.2 Å². The smallest absolute Gasteiger partial charge is 0.399 e. The van der Waals surface area contributed by atoms with Crippen molar-refractivity contribution in [2.75, 3.05) is 32.8 Å². The average molecular weight is 357 g/mol. The lowest BCUT2D eigenvalue weighted by Gasteiger charge is -2.32. The van der Waals surface area contributed by atoms with Gasteiger partial charge < -0.3 is 14.0 Å². The molecular weight excluding hydrogens is 329 g/mol.